The van der Waals surface area contributed by atoms with Crippen LogP contribution in [0.5, 0.6) is 0 Å². The Bertz CT molecular complexity index is 1050. The SMILES string of the molecule is Cc1cc(-c2ccc(C)c(S(=O)(=O)Nc3ccc(F)c(F)c3)c2)n[nH]1. The molecule has 0 saturated heterocycles. The first-order valence-electron chi connectivity index (χ1n) is 7.37. The third-order valence-electron chi connectivity index (χ3n) is 3.65. The molecule has 2 aromatic carbocycles. The number of hydrogen-bond donors (Lipinski definition) is 2. The molecule has 0 amide bonds. The van der Waals surface area contributed by atoms with Gasteiger partial charge in [0.05, 0.1) is 16.3 Å². The van der Waals surface area contributed by atoms with Gasteiger partial charge in [-0.2, -0.15) is 5.10 Å². The molecule has 25 heavy (non-hydrogen) atoms. The summed E-state index contributed by atoms with van der Waals surface area (Å²) in [6, 6.07) is 9.54. The van der Waals surface area contributed by atoms with Gasteiger partial charge in [0.25, 0.3) is 10.0 Å². The van der Waals surface area contributed by atoms with Gasteiger partial charge >= 0.3 is 0 Å². The standard InChI is InChI=1S/C17H15F2N3O2S/c1-10-3-4-12(16-7-11(2)20-21-16)8-17(10)25(23,24)22-13-5-6-14(18)15(19)9-13/h3-9,22H,1-2H3,(H,20,21). The van der Waals surface area contributed by atoms with E-state index in [1.807, 2.05) is 6.92 Å². The van der Waals surface area contributed by atoms with Gasteiger partial charge in [0.2, 0.25) is 0 Å². The molecule has 2 N–H and O–H groups in total. The molecule has 8 heteroatoms. The largest absolute Gasteiger partial charge is 0.282 e. The van der Waals surface area contributed by atoms with Crippen LogP contribution in [0.25, 0.3) is 11.3 Å². The highest BCUT2D eigenvalue weighted by molar-refractivity contribution is 7.92. The van der Waals surface area contributed by atoms with Crippen molar-refractivity contribution in [3.8, 4) is 11.3 Å². The minimum atomic E-state index is -3.97. The van der Waals surface area contributed by atoms with Gasteiger partial charge in [0.1, 0.15) is 0 Å². The number of aryl methyl sites for hydroxylation is 2. The molecular weight excluding hydrogens is 348 g/mol. The summed E-state index contributed by atoms with van der Waals surface area (Å²) >= 11 is 0. The monoisotopic (exact) mass is 363 g/mol. The van der Waals surface area contributed by atoms with Crippen LogP contribution in [0.4, 0.5) is 14.5 Å². The highest BCUT2D eigenvalue weighted by Crippen LogP contribution is 2.26. The molecule has 3 rings (SSSR count). The van der Waals surface area contributed by atoms with E-state index in [0.29, 0.717) is 16.8 Å². The molecule has 3 aromatic rings. The average molecular weight is 363 g/mol. The van der Waals surface area contributed by atoms with E-state index in [2.05, 4.69) is 14.9 Å². The Kier molecular flexibility index (Phi) is 4.30. The highest BCUT2D eigenvalue weighted by Gasteiger charge is 2.19. The van der Waals surface area contributed by atoms with Crippen molar-refractivity contribution in [2.75, 3.05) is 4.72 Å². The maximum Gasteiger partial charge on any atom is 0.262 e. The third kappa shape index (κ3) is 3.53. The Morgan fingerprint density at radius 1 is 1.00 bits per heavy atom. The van der Waals surface area contributed by atoms with Gasteiger partial charge in [-0.15, -0.1) is 0 Å². The Hall–Kier alpha value is -2.74. The van der Waals surface area contributed by atoms with Gasteiger partial charge in [-0.3, -0.25) is 9.82 Å². The molecule has 0 aliphatic rings. The average Bonchev–Trinajstić information content (AvgIpc) is 2.97. The second-order valence-electron chi connectivity index (χ2n) is 5.65. The molecule has 5 nitrogen and oxygen atoms in total. The van der Waals surface area contributed by atoms with E-state index in [0.717, 1.165) is 23.9 Å². The summed E-state index contributed by atoms with van der Waals surface area (Å²) in [5.41, 5.74) is 2.55. The number of H-pyrrole nitrogens is 1. The van der Waals surface area contributed by atoms with Gasteiger partial charge in [-0.25, -0.2) is 17.2 Å². The Morgan fingerprint density at radius 3 is 2.40 bits per heavy atom. The lowest BCUT2D eigenvalue weighted by Gasteiger charge is -2.12. The molecule has 0 aliphatic carbocycles. The highest BCUT2D eigenvalue weighted by atomic mass is 32.2. The molecule has 1 heterocycles. The number of rotatable bonds is 4. The lowest BCUT2D eigenvalue weighted by molar-refractivity contribution is 0.509. The zero-order valence-corrected chi connectivity index (χ0v) is 14.3. The number of anilines is 1. The molecule has 0 radical (unpaired) electrons. The van der Waals surface area contributed by atoms with Crippen LogP contribution >= 0.6 is 0 Å². The van der Waals surface area contributed by atoms with Gasteiger partial charge in [-0.1, -0.05) is 12.1 Å². The van der Waals surface area contributed by atoms with Crippen LogP contribution in [0.1, 0.15) is 11.3 Å². The minimum Gasteiger partial charge on any atom is -0.282 e. The Labute approximate surface area is 143 Å². The van der Waals surface area contributed by atoms with E-state index < -0.39 is 21.7 Å². The number of nitrogens with one attached hydrogen (secondary N) is 2. The molecule has 0 unspecified atom stereocenters. The van der Waals surface area contributed by atoms with E-state index >= 15 is 0 Å². The molecular formula is C17H15F2N3O2S. The first-order valence-corrected chi connectivity index (χ1v) is 8.85. The number of benzene rings is 2. The van der Waals surface area contributed by atoms with Gasteiger partial charge in [0, 0.05) is 17.3 Å². The summed E-state index contributed by atoms with van der Waals surface area (Å²) < 4.78 is 53.9. The fraction of sp³-hybridized carbons (Fsp3) is 0.118. The summed E-state index contributed by atoms with van der Waals surface area (Å²) in [5.74, 6) is -2.17. The van der Waals surface area contributed by atoms with Gasteiger partial charge < -0.3 is 0 Å². The Balaban J connectivity index is 2.00. The number of aromatic nitrogens is 2. The lowest BCUT2D eigenvalue weighted by Crippen LogP contribution is -2.14. The number of hydrogen-bond acceptors (Lipinski definition) is 3. The topological polar surface area (TPSA) is 74.8 Å². The van der Waals surface area contributed by atoms with Crippen molar-refractivity contribution >= 4 is 15.7 Å². The number of halogens is 2. The van der Waals surface area contributed by atoms with Gasteiger partial charge in [-0.05, 0) is 43.7 Å². The first-order chi connectivity index (χ1) is 11.8. The third-order valence-corrected chi connectivity index (χ3v) is 5.17. The molecule has 130 valence electrons. The first kappa shape index (κ1) is 17.1. The fourth-order valence-electron chi connectivity index (χ4n) is 2.38. The van der Waals surface area contributed by atoms with Crippen LogP contribution < -0.4 is 4.72 Å². The van der Waals surface area contributed by atoms with E-state index in [1.54, 1.807) is 25.1 Å². The van der Waals surface area contributed by atoms with Crippen molar-refractivity contribution in [1.82, 2.24) is 10.2 Å². The second-order valence-corrected chi connectivity index (χ2v) is 7.30. The Morgan fingerprint density at radius 2 is 1.76 bits per heavy atom. The lowest BCUT2D eigenvalue weighted by atomic mass is 10.1. The van der Waals surface area contributed by atoms with Crippen molar-refractivity contribution in [1.29, 1.82) is 0 Å². The van der Waals surface area contributed by atoms with Crippen molar-refractivity contribution < 1.29 is 17.2 Å². The van der Waals surface area contributed by atoms with Crippen molar-refractivity contribution in [3.05, 3.63) is 65.4 Å². The molecule has 0 atom stereocenters. The molecule has 0 fully saturated rings. The fourth-order valence-corrected chi connectivity index (χ4v) is 3.71. The van der Waals surface area contributed by atoms with Crippen molar-refractivity contribution in [2.45, 2.75) is 18.7 Å². The molecule has 0 spiro atoms. The van der Waals surface area contributed by atoms with E-state index in [9.17, 15) is 17.2 Å². The molecule has 0 aliphatic heterocycles. The van der Waals surface area contributed by atoms with Crippen LogP contribution in [0.2, 0.25) is 0 Å². The normalized spacial score (nSPS) is 11.5. The van der Waals surface area contributed by atoms with E-state index in [1.165, 1.54) is 6.07 Å². The quantitative estimate of drug-likeness (QED) is 0.741. The predicted molar refractivity (Wildman–Crippen MR) is 90.7 cm³/mol. The zero-order chi connectivity index (χ0) is 18.2. The maximum atomic E-state index is 13.3. The minimum absolute atomic E-state index is 0.0374. The number of aromatic amines is 1. The van der Waals surface area contributed by atoms with Crippen LogP contribution in [-0.2, 0) is 10.0 Å². The van der Waals surface area contributed by atoms with E-state index in [-0.39, 0.29) is 10.6 Å². The molecule has 0 bridgehead atoms. The van der Waals surface area contributed by atoms with Crippen molar-refractivity contribution in [3.63, 3.8) is 0 Å². The molecule has 1 aromatic heterocycles. The molecule has 0 saturated carbocycles. The van der Waals surface area contributed by atoms with Crippen LogP contribution in [0.15, 0.2) is 47.4 Å². The smallest absolute Gasteiger partial charge is 0.262 e. The zero-order valence-electron chi connectivity index (χ0n) is 13.5. The summed E-state index contributed by atoms with van der Waals surface area (Å²) in [7, 11) is -3.97. The summed E-state index contributed by atoms with van der Waals surface area (Å²) in [5, 5.41) is 6.91. The summed E-state index contributed by atoms with van der Waals surface area (Å²) in [6.45, 7) is 3.49. The maximum absolute atomic E-state index is 13.3. The van der Waals surface area contributed by atoms with Crippen LogP contribution in [0.3, 0.4) is 0 Å². The summed E-state index contributed by atoms with van der Waals surface area (Å²) in [4.78, 5) is 0.0374. The number of nitrogens with zero attached hydrogens (tertiary/aromatic N) is 1. The van der Waals surface area contributed by atoms with Crippen LogP contribution in [-0.4, -0.2) is 18.6 Å². The predicted octanol–water partition coefficient (Wildman–Crippen LogP) is 3.77. The van der Waals surface area contributed by atoms with E-state index in [4.69, 9.17) is 0 Å². The summed E-state index contributed by atoms with van der Waals surface area (Å²) in [6.07, 6.45) is 0. The van der Waals surface area contributed by atoms with Crippen molar-refractivity contribution in [2.24, 2.45) is 0 Å². The second kappa shape index (κ2) is 6.29. The van der Waals surface area contributed by atoms with Gasteiger partial charge in [0.15, 0.2) is 11.6 Å². The number of sulfonamides is 1. The van der Waals surface area contributed by atoms with Crippen LogP contribution in [0, 0.1) is 25.5 Å².